The van der Waals surface area contributed by atoms with Crippen LogP contribution in [0, 0.1) is 0 Å². The van der Waals surface area contributed by atoms with Gasteiger partial charge in [0.1, 0.15) is 34.5 Å². The molecule has 0 amide bonds. The number of H-pyrrole nitrogens is 2. The highest BCUT2D eigenvalue weighted by Crippen LogP contribution is 2.42. The fraction of sp³-hybridized carbons (Fsp3) is 0.118. The van der Waals surface area contributed by atoms with E-state index in [-0.39, 0.29) is 5.56 Å². The van der Waals surface area contributed by atoms with Crippen molar-refractivity contribution in [2.45, 2.75) is 0 Å². The normalized spacial score (nSPS) is 11.7. The van der Waals surface area contributed by atoms with Crippen LogP contribution in [-0.2, 0) is 0 Å². The van der Waals surface area contributed by atoms with E-state index in [0.29, 0.717) is 73.9 Å². The molecule has 0 atom stereocenters. The maximum Gasteiger partial charge on any atom is 0.335 e. The highest BCUT2D eigenvalue weighted by atomic mass is 16.5. The number of aromatic carboxylic acids is 1. The maximum atomic E-state index is 12.3. The third-order valence-corrected chi connectivity index (χ3v) is 11.1. The topological polar surface area (TPSA) is 150 Å². The van der Waals surface area contributed by atoms with Crippen molar-refractivity contribution in [3.05, 3.63) is 131 Å². The lowest BCUT2D eigenvalue weighted by atomic mass is 10.0. The lowest BCUT2D eigenvalue weighted by molar-refractivity contribution is 0.0697. The van der Waals surface area contributed by atoms with Crippen LogP contribution in [0.25, 0.3) is 90.9 Å². The van der Waals surface area contributed by atoms with Crippen molar-refractivity contribution in [2.24, 2.45) is 0 Å². The van der Waals surface area contributed by atoms with Crippen molar-refractivity contribution in [3.63, 3.8) is 0 Å². The molecule has 0 saturated carbocycles. The minimum atomic E-state index is -1.04. The van der Waals surface area contributed by atoms with E-state index < -0.39 is 5.97 Å². The van der Waals surface area contributed by atoms with Gasteiger partial charge in [-0.2, -0.15) is 0 Å². The fourth-order valence-electron chi connectivity index (χ4n) is 8.08. The van der Waals surface area contributed by atoms with Gasteiger partial charge in [-0.15, -0.1) is 0 Å². The number of benzene rings is 4. The minimum absolute atomic E-state index is 0.144. The summed E-state index contributed by atoms with van der Waals surface area (Å²) >= 11 is 0. The molecular weight excluding hydrogens is 797 g/mol. The molecule has 12 nitrogen and oxygen atoms in total. The largest absolute Gasteiger partial charge is 0.497 e. The van der Waals surface area contributed by atoms with Crippen LogP contribution in [0.5, 0.6) is 34.5 Å². The Labute approximate surface area is 362 Å². The van der Waals surface area contributed by atoms with E-state index in [1.165, 1.54) is 0 Å². The van der Waals surface area contributed by atoms with E-state index in [9.17, 15) is 9.90 Å². The van der Waals surface area contributed by atoms with Gasteiger partial charge < -0.3 is 43.5 Å². The van der Waals surface area contributed by atoms with Crippen molar-refractivity contribution in [2.75, 3.05) is 42.7 Å². The minimum Gasteiger partial charge on any atom is -0.497 e. The van der Waals surface area contributed by atoms with Crippen LogP contribution in [0.4, 0.5) is 0 Å². The highest BCUT2D eigenvalue weighted by molar-refractivity contribution is 6.01. The highest BCUT2D eigenvalue weighted by Gasteiger charge is 2.21. The second-order valence-corrected chi connectivity index (χ2v) is 14.7. The predicted octanol–water partition coefficient (Wildman–Crippen LogP) is 11.1. The molecule has 0 spiro atoms. The Kier molecular flexibility index (Phi) is 10.6. The first-order valence-corrected chi connectivity index (χ1v) is 19.9. The molecule has 2 aliphatic heterocycles. The van der Waals surface area contributed by atoms with Gasteiger partial charge in [0.05, 0.1) is 71.0 Å². The molecule has 63 heavy (non-hydrogen) atoms. The number of rotatable bonds is 11. The molecule has 7 aromatic rings. The van der Waals surface area contributed by atoms with Crippen molar-refractivity contribution in [1.82, 2.24) is 19.9 Å². The van der Waals surface area contributed by atoms with Gasteiger partial charge in [-0.3, -0.25) is 0 Å². The predicted molar refractivity (Wildman–Crippen MR) is 247 cm³/mol. The first-order chi connectivity index (χ1) is 30.7. The maximum absolute atomic E-state index is 12.3. The molecule has 0 fully saturated rings. The van der Waals surface area contributed by atoms with Gasteiger partial charge in [-0.1, -0.05) is 12.1 Å². The van der Waals surface area contributed by atoms with Crippen molar-refractivity contribution in [3.8, 4) is 79.0 Å². The number of ether oxygens (including phenoxy) is 6. The Bertz CT molecular complexity index is 3080. The van der Waals surface area contributed by atoms with Crippen molar-refractivity contribution >= 4 is 52.3 Å². The van der Waals surface area contributed by atoms with Gasteiger partial charge in [0.15, 0.2) is 0 Å². The van der Waals surface area contributed by atoms with E-state index in [1.807, 2.05) is 109 Å². The lowest BCUT2D eigenvalue weighted by Gasteiger charge is -2.11. The summed E-state index contributed by atoms with van der Waals surface area (Å²) in [5.74, 6) is 2.59. The standard InChI is InChI=1S/C51H42N4O8/c1-58-33-19-30(20-34(25-33)59-2)48-41-12-10-39(52-41)47(28-8-7-9-29(18-28)51(56)57)40-11-13-42(53-40)49(31-21-35(60-3)26-36(22-31)61-4)44-15-17-46(55-44)50(45-16-14-43(48)54-45)32-23-37(62-5)27-38(24-32)63-6/h7-27,52,55H,1-6H3,(H,56,57). The zero-order valence-electron chi connectivity index (χ0n) is 35.3. The van der Waals surface area contributed by atoms with Crippen molar-refractivity contribution < 1.29 is 38.3 Å². The second kappa shape index (κ2) is 16.7. The van der Waals surface area contributed by atoms with Crippen LogP contribution in [0.15, 0.2) is 103 Å². The van der Waals surface area contributed by atoms with Gasteiger partial charge in [0, 0.05) is 62.5 Å². The Balaban J connectivity index is 1.49. The van der Waals surface area contributed by atoms with E-state index >= 15 is 0 Å². The summed E-state index contributed by atoms with van der Waals surface area (Å²) in [5, 5.41) is 10.1. The summed E-state index contributed by atoms with van der Waals surface area (Å²) in [4.78, 5) is 30.5. The summed E-state index contributed by atoms with van der Waals surface area (Å²) in [7, 11) is 9.71. The van der Waals surface area contributed by atoms with Crippen LogP contribution in [0.2, 0.25) is 0 Å². The zero-order valence-corrected chi connectivity index (χ0v) is 35.3. The van der Waals surface area contributed by atoms with E-state index in [4.69, 9.17) is 38.4 Å². The smallest absolute Gasteiger partial charge is 0.335 e. The number of hydrogen-bond donors (Lipinski definition) is 3. The quantitative estimate of drug-likeness (QED) is 0.115. The molecular formula is C51H42N4O8. The van der Waals surface area contributed by atoms with Crippen LogP contribution < -0.4 is 28.4 Å². The van der Waals surface area contributed by atoms with Gasteiger partial charge in [-0.25, -0.2) is 14.8 Å². The molecule has 0 radical (unpaired) electrons. The summed E-state index contributed by atoms with van der Waals surface area (Å²) in [5.41, 5.74) is 11.8. The number of aromatic amines is 2. The van der Waals surface area contributed by atoms with Gasteiger partial charge >= 0.3 is 5.97 Å². The Morgan fingerprint density at radius 2 is 0.714 bits per heavy atom. The van der Waals surface area contributed by atoms with Crippen LogP contribution >= 0.6 is 0 Å². The Morgan fingerprint density at radius 3 is 1.00 bits per heavy atom. The summed E-state index contributed by atoms with van der Waals surface area (Å²) < 4.78 is 34.5. The third-order valence-electron chi connectivity index (χ3n) is 11.1. The number of fused-ring (bicyclic) bond motifs is 8. The van der Waals surface area contributed by atoms with Gasteiger partial charge in [0.25, 0.3) is 0 Å². The first-order valence-electron chi connectivity index (χ1n) is 19.9. The number of aromatic nitrogens is 4. The number of carbonyl (C=O) groups is 1. The molecule has 0 unspecified atom stereocenters. The molecule has 0 aliphatic carbocycles. The fourth-order valence-corrected chi connectivity index (χ4v) is 8.08. The van der Waals surface area contributed by atoms with Gasteiger partial charge in [0.2, 0.25) is 0 Å². The Morgan fingerprint density at radius 1 is 0.413 bits per heavy atom. The SMILES string of the molecule is COc1cc(OC)cc(-c2c3nc(c(-c4cc(OC)cc(OC)c4)c4ccc([nH]4)c(-c4cccc(C(=O)O)c4)c4nc(c(-c5cc(OC)cc(OC)c5)c5ccc2[nH]5)C=C4)C=C3)c1. The van der Waals surface area contributed by atoms with E-state index in [0.717, 1.165) is 49.9 Å². The Hall–Kier alpha value is -8.25. The monoisotopic (exact) mass is 838 g/mol. The van der Waals surface area contributed by atoms with Crippen LogP contribution in [-0.4, -0.2) is 73.7 Å². The molecule has 3 aromatic heterocycles. The number of nitrogens with zero attached hydrogens (tertiary/aromatic N) is 2. The first kappa shape index (κ1) is 40.2. The lowest BCUT2D eigenvalue weighted by Crippen LogP contribution is -1.96. The molecule has 8 bridgehead atoms. The number of methoxy groups -OCH3 is 6. The summed E-state index contributed by atoms with van der Waals surface area (Å²) in [6.07, 6.45) is 7.89. The molecule has 5 heterocycles. The van der Waals surface area contributed by atoms with E-state index in [1.54, 1.807) is 60.9 Å². The second-order valence-electron chi connectivity index (χ2n) is 14.7. The van der Waals surface area contributed by atoms with Gasteiger partial charge in [-0.05, 0) is 119 Å². The van der Waals surface area contributed by atoms with Crippen LogP contribution in [0.1, 0.15) is 33.1 Å². The molecule has 4 aromatic carbocycles. The molecule has 9 rings (SSSR count). The third kappa shape index (κ3) is 7.59. The average molecular weight is 839 g/mol. The molecule has 12 heteroatoms. The van der Waals surface area contributed by atoms with E-state index in [2.05, 4.69) is 9.97 Å². The van der Waals surface area contributed by atoms with Crippen LogP contribution in [0.3, 0.4) is 0 Å². The molecule has 3 N–H and O–H groups in total. The molecule has 314 valence electrons. The number of hydrogen-bond acceptors (Lipinski definition) is 9. The zero-order chi connectivity index (χ0) is 43.8. The average Bonchev–Trinajstić information content (AvgIpc) is 4.17. The summed E-state index contributed by atoms with van der Waals surface area (Å²) in [6, 6.07) is 32.0. The molecule has 2 aliphatic rings. The molecule has 0 saturated heterocycles. The van der Waals surface area contributed by atoms with Crippen molar-refractivity contribution in [1.29, 1.82) is 0 Å². The number of carboxylic acids is 1. The number of nitrogens with one attached hydrogen (secondary N) is 2. The number of carboxylic acid groups (broad SMARTS) is 1. The summed E-state index contributed by atoms with van der Waals surface area (Å²) in [6.45, 7) is 0.